The van der Waals surface area contributed by atoms with Crippen molar-refractivity contribution in [3.05, 3.63) is 35.5 Å². The molecular formula is C13H14ClN4O3-. The first kappa shape index (κ1) is 15.0. The average molecular weight is 310 g/mol. The highest BCUT2D eigenvalue weighted by Crippen LogP contribution is 2.26. The highest BCUT2D eigenvalue weighted by molar-refractivity contribution is 6.31. The molecule has 2 N–H and O–H groups in total. The summed E-state index contributed by atoms with van der Waals surface area (Å²) in [7, 11) is 0. The van der Waals surface area contributed by atoms with Crippen molar-refractivity contribution < 1.29 is 14.6 Å². The number of nitrogens with one attached hydrogen (secondary N) is 2. The van der Waals surface area contributed by atoms with Crippen molar-refractivity contribution in [3.8, 4) is 0 Å². The number of amides is 1. The summed E-state index contributed by atoms with van der Waals surface area (Å²) in [5.41, 5.74) is 3.55. The number of hydrogen-bond acceptors (Lipinski definition) is 6. The van der Waals surface area contributed by atoms with Gasteiger partial charge in [0.1, 0.15) is 16.9 Å². The Morgan fingerprint density at radius 3 is 2.86 bits per heavy atom. The molecule has 1 aliphatic rings. The largest absolute Gasteiger partial charge is 0.530 e. The zero-order valence-electron chi connectivity index (χ0n) is 11.5. The van der Waals surface area contributed by atoms with E-state index in [-0.39, 0.29) is 6.10 Å². The van der Waals surface area contributed by atoms with Gasteiger partial charge in [-0.2, -0.15) is 5.12 Å². The minimum absolute atomic E-state index is 0.0685. The second-order valence-corrected chi connectivity index (χ2v) is 4.86. The third-order valence-electron chi connectivity index (χ3n) is 2.39. The molecule has 7 nitrogen and oxygen atoms in total. The summed E-state index contributed by atoms with van der Waals surface area (Å²) in [5.74, 6) is 0.317. The minimum atomic E-state index is -1.41. The van der Waals surface area contributed by atoms with Gasteiger partial charge >= 0.3 is 0 Å². The van der Waals surface area contributed by atoms with Gasteiger partial charge in [0, 0.05) is 6.08 Å². The molecule has 0 aliphatic carbocycles. The maximum Gasteiger partial charge on any atom is 0.236 e. The Morgan fingerprint density at radius 1 is 1.48 bits per heavy atom. The molecule has 1 aliphatic heterocycles. The Balaban J connectivity index is 2.31. The van der Waals surface area contributed by atoms with E-state index in [4.69, 9.17) is 16.3 Å². The number of rotatable bonds is 3. The van der Waals surface area contributed by atoms with E-state index in [2.05, 4.69) is 15.8 Å². The van der Waals surface area contributed by atoms with Crippen LogP contribution in [0.5, 0.6) is 0 Å². The SMILES string of the molecule is CC(C)OC1=NN(c2ccccc2NC(=O)[O-])NC(Cl)=C1. The van der Waals surface area contributed by atoms with Gasteiger partial charge in [-0.15, -0.1) is 5.10 Å². The molecule has 0 bridgehead atoms. The van der Waals surface area contributed by atoms with Crippen LogP contribution >= 0.6 is 11.6 Å². The van der Waals surface area contributed by atoms with Crippen LogP contribution in [0.25, 0.3) is 0 Å². The highest BCUT2D eigenvalue weighted by atomic mass is 35.5. The number of hydrazine groups is 1. The molecule has 0 aromatic heterocycles. The van der Waals surface area contributed by atoms with Gasteiger partial charge in [0.15, 0.2) is 0 Å². The third-order valence-corrected chi connectivity index (χ3v) is 2.58. The van der Waals surface area contributed by atoms with Gasteiger partial charge < -0.3 is 20.0 Å². The number of nitrogens with zero attached hydrogens (tertiary/aromatic N) is 2. The Bertz CT molecular complexity index is 601. The van der Waals surface area contributed by atoms with Crippen LogP contribution < -0.4 is 21.0 Å². The van der Waals surface area contributed by atoms with Gasteiger partial charge in [0.2, 0.25) is 5.90 Å². The summed E-state index contributed by atoms with van der Waals surface area (Å²) in [6, 6.07) is 6.68. The molecule has 0 radical (unpaired) electrons. The number of carboxylic acid groups (broad SMARTS) is 1. The van der Waals surface area contributed by atoms with Crippen molar-refractivity contribution in [2.45, 2.75) is 20.0 Å². The summed E-state index contributed by atoms with van der Waals surface area (Å²) >= 11 is 6.00. The van der Waals surface area contributed by atoms with E-state index in [9.17, 15) is 9.90 Å². The van der Waals surface area contributed by atoms with Gasteiger partial charge in [-0.25, -0.2) is 0 Å². The highest BCUT2D eigenvalue weighted by Gasteiger charge is 2.17. The molecule has 8 heteroatoms. The first-order valence-corrected chi connectivity index (χ1v) is 6.60. The third kappa shape index (κ3) is 4.03. The van der Waals surface area contributed by atoms with Crippen LogP contribution in [0.15, 0.2) is 40.6 Å². The van der Waals surface area contributed by atoms with E-state index in [1.165, 1.54) is 11.2 Å². The number of para-hydroxylation sites is 2. The zero-order valence-corrected chi connectivity index (χ0v) is 12.2. The van der Waals surface area contributed by atoms with Gasteiger partial charge in [-0.3, -0.25) is 5.43 Å². The molecule has 0 saturated carbocycles. The van der Waals surface area contributed by atoms with Crippen molar-refractivity contribution in [2.24, 2.45) is 5.10 Å². The van der Waals surface area contributed by atoms with Crippen molar-refractivity contribution in [3.63, 3.8) is 0 Å². The van der Waals surface area contributed by atoms with Crippen LogP contribution in [0.2, 0.25) is 0 Å². The number of carbonyl (C=O) groups excluding carboxylic acids is 1. The fourth-order valence-corrected chi connectivity index (χ4v) is 1.85. The van der Waals surface area contributed by atoms with Gasteiger partial charge in [0.25, 0.3) is 0 Å². The Hall–Kier alpha value is -2.41. The Morgan fingerprint density at radius 2 is 2.19 bits per heavy atom. The predicted octanol–water partition coefficient (Wildman–Crippen LogP) is 1.59. The molecule has 1 heterocycles. The molecule has 0 atom stereocenters. The number of hydrogen-bond donors (Lipinski definition) is 2. The molecule has 1 aromatic rings. The van der Waals surface area contributed by atoms with Crippen LogP contribution in [0, 0.1) is 0 Å². The van der Waals surface area contributed by atoms with E-state index in [1.807, 2.05) is 13.8 Å². The van der Waals surface area contributed by atoms with Crippen molar-refractivity contribution in [2.75, 3.05) is 10.4 Å². The lowest BCUT2D eigenvalue weighted by molar-refractivity contribution is -0.242. The van der Waals surface area contributed by atoms with Gasteiger partial charge in [-0.05, 0) is 26.0 Å². The maximum atomic E-state index is 10.7. The molecule has 0 unspecified atom stereocenters. The number of anilines is 2. The Labute approximate surface area is 126 Å². The lowest BCUT2D eigenvalue weighted by Crippen LogP contribution is -2.38. The van der Waals surface area contributed by atoms with Crippen LogP contribution in [0.1, 0.15) is 13.8 Å². The van der Waals surface area contributed by atoms with Crippen LogP contribution in [0.3, 0.4) is 0 Å². The molecule has 0 fully saturated rings. The zero-order chi connectivity index (χ0) is 15.4. The predicted molar refractivity (Wildman–Crippen MR) is 78.7 cm³/mol. The minimum Gasteiger partial charge on any atom is -0.530 e. The summed E-state index contributed by atoms with van der Waals surface area (Å²) < 4.78 is 5.49. The fourth-order valence-electron chi connectivity index (χ4n) is 1.68. The second-order valence-electron chi connectivity index (χ2n) is 4.45. The normalized spacial score (nSPS) is 14.2. The smallest absolute Gasteiger partial charge is 0.236 e. The molecule has 0 saturated heterocycles. The van der Waals surface area contributed by atoms with E-state index in [0.717, 1.165) is 0 Å². The van der Waals surface area contributed by atoms with E-state index in [0.29, 0.717) is 22.4 Å². The molecule has 112 valence electrons. The summed E-state index contributed by atoms with van der Waals surface area (Å²) in [5, 5.41) is 18.7. The summed E-state index contributed by atoms with van der Waals surface area (Å²) in [4.78, 5) is 10.7. The number of ether oxygens (including phenoxy) is 1. The van der Waals surface area contributed by atoms with Crippen molar-refractivity contribution in [1.82, 2.24) is 5.43 Å². The first-order valence-electron chi connectivity index (χ1n) is 6.22. The van der Waals surface area contributed by atoms with Crippen molar-refractivity contribution in [1.29, 1.82) is 0 Å². The number of carbonyl (C=O) groups is 1. The van der Waals surface area contributed by atoms with E-state index in [1.54, 1.807) is 24.3 Å². The topological polar surface area (TPSA) is 89.0 Å². The maximum absolute atomic E-state index is 10.7. The van der Waals surface area contributed by atoms with Crippen molar-refractivity contribution >= 4 is 35.0 Å². The standard InChI is InChI=1S/C13H15ClN4O3/c1-8(2)21-12-7-11(14)16-18(17-12)10-6-4-3-5-9(10)15-13(19)20/h3-8,15-16H,1-2H3,(H,19,20)/p-1. The Kier molecular flexibility index (Phi) is 4.54. The van der Waals surface area contributed by atoms with Gasteiger partial charge in [0.05, 0.1) is 11.8 Å². The molecule has 0 spiro atoms. The summed E-state index contributed by atoms with van der Waals surface area (Å²) in [6.07, 6.45) is 0.0528. The molecule has 1 amide bonds. The molecular weight excluding hydrogens is 296 g/mol. The quantitative estimate of drug-likeness (QED) is 0.828. The van der Waals surface area contributed by atoms with E-state index < -0.39 is 6.09 Å². The number of halogens is 1. The fraction of sp³-hybridized carbons (Fsp3) is 0.231. The monoisotopic (exact) mass is 309 g/mol. The van der Waals surface area contributed by atoms with E-state index >= 15 is 0 Å². The lowest BCUT2D eigenvalue weighted by Gasteiger charge is -2.27. The van der Waals surface area contributed by atoms with Gasteiger partial charge in [-0.1, -0.05) is 23.7 Å². The number of benzene rings is 1. The lowest BCUT2D eigenvalue weighted by atomic mass is 10.2. The first-order chi connectivity index (χ1) is 9.95. The van der Waals surface area contributed by atoms with Crippen LogP contribution in [0.4, 0.5) is 16.2 Å². The summed E-state index contributed by atoms with van der Waals surface area (Å²) in [6.45, 7) is 3.73. The average Bonchev–Trinajstić information content (AvgIpc) is 2.37. The number of hydrazone groups is 1. The van der Waals surface area contributed by atoms with Crippen LogP contribution in [-0.4, -0.2) is 18.1 Å². The molecule has 1 aromatic carbocycles. The second kappa shape index (κ2) is 6.36. The van der Waals surface area contributed by atoms with Crippen LogP contribution in [-0.2, 0) is 4.74 Å². The molecule has 2 rings (SSSR count). The molecule has 21 heavy (non-hydrogen) atoms.